The average molecular weight is 418 g/mol. The van der Waals surface area contributed by atoms with E-state index < -0.39 is 5.91 Å². The van der Waals surface area contributed by atoms with Crippen LogP contribution in [0, 0.1) is 11.3 Å². The molecular formula is C24H23N3O2S. The van der Waals surface area contributed by atoms with Gasteiger partial charge >= 0.3 is 0 Å². The molecule has 0 unspecified atom stereocenters. The number of nitrogens with one attached hydrogen (secondary N) is 1. The summed E-state index contributed by atoms with van der Waals surface area (Å²) >= 11 is 1.41. The van der Waals surface area contributed by atoms with Crippen molar-refractivity contribution < 1.29 is 9.53 Å². The van der Waals surface area contributed by atoms with Crippen LogP contribution >= 0.6 is 11.3 Å². The highest BCUT2D eigenvalue weighted by Crippen LogP contribution is 2.22. The summed E-state index contributed by atoms with van der Waals surface area (Å²) in [5.41, 5.74) is 1.96. The van der Waals surface area contributed by atoms with Gasteiger partial charge in [0.15, 0.2) is 5.13 Å². The Morgan fingerprint density at radius 3 is 2.67 bits per heavy atom. The topological polar surface area (TPSA) is 75.0 Å². The molecule has 3 rings (SSSR count). The molecule has 0 spiro atoms. The second kappa shape index (κ2) is 10.9. The van der Waals surface area contributed by atoms with Crippen molar-refractivity contribution in [2.75, 3.05) is 11.9 Å². The molecule has 5 nitrogen and oxygen atoms in total. The molecule has 0 fully saturated rings. The Balaban J connectivity index is 1.61. The fraction of sp³-hybridized carbons (Fsp3) is 0.208. The Kier molecular flexibility index (Phi) is 7.76. The molecule has 1 heterocycles. The van der Waals surface area contributed by atoms with Crippen molar-refractivity contribution in [2.24, 2.45) is 0 Å². The summed E-state index contributed by atoms with van der Waals surface area (Å²) in [7, 11) is 0. The molecule has 0 atom stereocenters. The number of anilines is 1. The maximum atomic E-state index is 12.5. The highest BCUT2D eigenvalue weighted by Gasteiger charge is 2.12. The lowest BCUT2D eigenvalue weighted by molar-refractivity contribution is -0.112. The fourth-order valence-corrected chi connectivity index (χ4v) is 3.56. The van der Waals surface area contributed by atoms with E-state index in [0.29, 0.717) is 11.7 Å². The van der Waals surface area contributed by atoms with Crippen LogP contribution in [-0.2, 0) is 11.2 Å². The predicted octanol–water partition coefficient (Wildman–Crippen LogP) is 5.46. The first-order valence-corrected chi connectivity index (χ1v) is 10.6. The van der Waals surface area contributed by atoms with Crippen LogP contribution in [0.3, 0.4) is 0 Å². The molecule has 30 heavy (non-hydrogen) atoms. The van der Waals surface area contributed by atoms with E-state index in [2.05, 4.69) is 29.4 Å². The van der Waals surface area contributed by atoms with Crippen LogP contribution in [0.5, 0.6) is 5.75 Å². The van der Waals surface area contributed by atoms with Crippen LogP contribution < -0.4 is 10.1 Å². The first kappa shape index (κ1) is 21.3. The number of thiazole rings is 1. The first-order chi connectivity index (χ1) is 14.7. The fourth-order valence-electron chi connectivity index (χ4n) is 2.72. The van der Waals surface area contributed by atoms with E-state index >= 15 is 0 Å². The second-order valence-electron chi connectivity index (χ2n) is 6.69. The average Bonchev–Trinajstić information content (AvgIpc) is 3.20. The van der Waals surface area contributed by atoms with Gasteiger partial charge in [-0.2, -0.15) is 5.26 Å². The van der Waals surface area contributed by atoms with Crippen molar-refractivity contribution in [2.45, 2.75) is 26.2 Å². The van der Waals surface area contributed by atoms with E-state index in [-0.39, 0.29) is 5.57 Å². The summed E-state index contributed by atoms with van der Waals surface area (Å²) in [4.78, 5) is 17.8. The molecule has 0 aliphatic rings. The number of amides is 1. The smallest absolute Gasteiger partial charge is 0.268 e. The second-order valence-corrected chi connectivity index (χ2v) is 7.80. The molecule has 152 valence electrons. The third-order valence-corrected chi connectivity index (χ3v) is 5.23. The molecule has 1 amide bonds. The van der Waals surface area contributed by atoms with Gasteiger partial charge in [0.05, 0.1) is 6.61 Å². The Morgan fingerprint density at radius 1 is 1.20 bits per heavy atom. The van der Waals surface area contributed by atoms with Gasteiger partial charge in [0.2, 0.25) is 0 Å². The molecule has 0 radical (unpaired) electrons. The number of nitrogens with zero attached hydrogens (tertiary/aromatic N) is 2. The van der Waals surface area contributed by atoms with Gasteiger partial charge < -0.3 is 4.74 Å². The summed E-state index contributed by atoms with van der Waals surface area (Å²) in [6.07, 6.45) is 6.14. The molecular weight excluding hydrogens is 394 g/mol. The van der Waals surface area contributed by atoms with Gasteiger partial charge in [-0.15, -0.1) is 11.3 Å². The van der Waals surface area contributed by atoms with Gasteiger partial charge in [0, 0.05) is 17.5 Å². The van der Waals surface area contributed by atoms with E-state index in [9.17, 15) is 10.1 Å². The molecule has 6 heteroatoms. The van der Waals surface area contributed by atoms with Gasteiger partial charge in [0.1, 0.15) is 17.4 Å². The predicted molar refractivity (Wildman–Crippen MR) is 120 cm³/mol. The maximum absolute atomic E-state index is 12.5. The Hall–Kier alpha value is -3.43. The quantitative estimate of drug-likeness (QED) is 0.285. The first-order valence-electron chi connectivity index (χ1n) is 9.82. The van der Waals surface area contributed by atoms with Crippen LogP contribution in [0.25, 0.3) is 6.08 Å². The lowest BCUT2D eigenvalue weighted by Crippen LogP contribution is -2.13. The molecule has 1 N–H and O–H groups in total. The van der Waals surface area contributed by atoms with Crippen molar-refractivity contribution in [3.05, 3.63) is 82.4 Å². The number of unbranched alkanes of at least 4 members (excludes halogenated alkanes) is 1. The Labute approximate surface area is 180 Å². The van der Waals surface area contributed by atoms with E-state index in [1.807, 2.05) is 48.5 Å². The summed E-state index contributed by atoms with van der Waals surface area (Å²) in [5, 5.41) is 12.6. The molecule has 0 saturated heterocycles. The summed E-state index contributed by atoms with van der Waals surface area (Å²) in [5.74, 6) is 0.304. The highest BCUT2D eigenvalue weighted by atomic mass is 32.1. The zero-order valence-electron chi connectivity index (χ0n) is 16.8. The van der Waals surface area contributed by atoms with Gasteiger partial charge in [-0.05, 0) is 35.8 Å². The van der Waals surface area contributed by atoms with Crippen LogP contribution in [0.4, 0.5) is 5.13 Å². The van der Waals surface area contributed by atoms with Crippen molar-refractivity contribution in [1.29, 1.82) is 5.26 Å². The van der Waals surface area contributed by atoms with Crippen LogP contribution in [0.1, 0.15) is 35.8 Å². The lowest BCUT2D eigenvalue weighted by atomic mass is 10.1. The van der Waals surface area contributed by atoms with Crippen molar-refractivity contribution in [3.63, 3.8) is 0 Å². The Morgan fingerprint density at radius 2 is 1.97 bits per heavy atom. The number of nitriles is 1. The molecule has 2 aromatic carbocycles. The number of carbonyl (C=O) groups excluding carboxylic acids is 1. The van der Waals surface area contributed by atoms with Crippen LogP contribution in [0.2, 0.25) is 0 Å². The minimum Gasteiger partial charge on any atom is -0.494 e. The molecule has 0 bridgehead atoms. The number of ether oxygens (including phenoxy) is 1. The number of hydrogen-bond donors (Lipinski definition) is 1. The van der Waals surface area contributed by atoms with Crippen LogP contribution in [-0.4, -0.2) is 17.5 Å². The molecule has 0 saturated carbocycles. The lowest BCUT2D eigenvalue weighted by Gasteiger charge is -2.05. The summed E-state index contributed by atoms with van der Waals surface area (Å²) in [6.45, 7) is 2.79. The molecule has 0 aliphatic heterocycles. The molecule has 3 aromatic rings. The third kappa shape index (κ3) is 6.29. The number of hydrogen-bond acceptors (Lipinski definition) is 5. The monoisotopic (exact) mass is 417 g/mol. The van der Waals surface area contributed by atoms with Crippen LogP contribution in [0.15, 0.2) is 66.4 Å². The van der Waals surface area contributed by atoms with E-state index in [4.69, 9.17) is 4.74 Å². The highest BCUT2D eigenvalue weighted by molar-refractivity contribution is 7.15. The summed E-state index contributed by atoms with van der Waals surface area (Å²) in [6, 6.07) is 19.4. The zero-order chi connectivity index (χ0) is 21.2. The minimum atomic E-state index is -0.471. The maximum Gasteiger partial charge on any atom is 0.268 e. The zero-order valence-corrected chi connectivity index (χ0v) is 17.6. The summed E-state index contributed by atoms with van der Waals surface area (Å²) < 4.78 is 5.63. The van der Waals surface area contributed by atoms with Gasteiger partial charge in [0.25, 0.3) is 5.91 Å². The van der Waals surface area contributed by atoms with E-state index in [1.54, 1.807) is 12.3 Å². The number of carbonyl (C=O) groups is 1. The Bertz CT molecular complexity index is 1030. The molecule has 0 aliphatic carbocycles. The van der Waals surface area contributed by atoms with E-state index in [1.165, 1.54) is 16.9 Å². The largest absolute Gasteiger partial charge is 0.494 e. The third-order valence-electron chi connectivity index (χ3n) is 4.32. The standard InChI is InChI=1S/C24H23N3O2S/c1-2-3-13-29-21-11-9-19(10-12-21)14-20(16-25)23(28)27-24-26-17-22(30-24)15-18-7-5-4-6-8-18/h4-12,14,17H,2-3,13,15H2,1H3,(H,26,27,28)/b20-14+. The number of rotatable bonds is 9. The van der Waals surface area contributed by atoms with E-state index in [0.717, 1.165) is 35.5 Å². The molecule has 1 aromatic heterocycles. The van der Waals surface area contributed by atoms with Crippen molar-refractivity contribution in [1.82, 2.24) is 4.98 Å². The van der Waals surface area contributed by atoms with Gasteiger partial charge in [-0.3, -0.25) is 10.1 Å². The number of benzene rings is 2. The normalized spacial score (nSPS) is 11.0. The van der Waals surface area contributed by atoms with Gasteiger partial charge in [-0.25, -0.2) is 4.98 Å². The SMILES string of the molecule is CCCCOc1ccc(/C=C(\C#N)C(=O)Nc2ncc(Cc3ccccc3)s2)cc1. The number of aromatic nitrogens is 1. The van der Waals surface area contributed by atoms with Gasteiger partial charge in [-0.1, -0.05) is 55.8 Å². The minimum absolute atomic E-state index is 0.0226. The van der Waals surface area contributed by atoms with Crippen molar-refractivity contribution in [3.8, 4) is 11.8 Å². The van der Waals surface area contributed by atoms with Crippen molar-refractivity contribution >= 4 is 28.5 Å².